The molecule has 0 atom stereocenters. The van der Waals surface area contributed by atoms with Crippen LogP contribution in [0.15, 0.2) is 48.8 Å². The Hall–Kier alpha value is -1.43. The van der Waals surface area contributed by atoms with Crippen LogP contribution in [0.2, 0.25) is 0 Å². The van der Waals surface area contributed by atoms with Crippen molar-refractivity contribution in [2.24, 2.45) is 5.73 Å². The third kappa shape index (κ3) is 5.44. The maximum absolute atomic E-state index is 10.5. The zero-order valence-electron chi connectivity index (χ0n) is 9.43. The van der Waals surface area contributed by atoms with Crippen LogP contribution in [0.3, 0.4) is 0 Å². The van der Waals surface area contributed by atoms with Gasteiger partial charge in [-0.3, -0.25) is 9.78 Å². The number of rotatable bonds is 1. The second-order valence-corrected chi connectivity index (χ2v) is 4.64. The Morgan fingerprint density at radius 3 is 2.00 bits per heavy atom. The van der Waals surface area contributed by atoms with Gasteiger partial charge in [0.05, 0.1) is 0 Å². The van der Waals surface area contributed by atoms with Crippen LogP contribution in [-0.2, 0) is 0 Å². The van der Waals surface area contributed by atoms with Gasteiger partial charge in [-0.25, -0.2) is 0 Å². The summed E-state index contributed by atoms with van der Waals surface area (Å²) in [5.74, 6) is -0.378. The number of nitrogens with two attached hydrogens (primary N) is 1. The van der Waals surface area contributed by atoms with Crippen molar-refractivity contribution in [3.63, 3.8) is 0 Å². The van der Waals surface area contributed by atoms with E-state index >= 15 is 0 Å². The predicted molar refractivity (Wildman–Crippen MR) is 76.7 cm³/mol. The maximum Gasteiger partial charge on any atom is 0.248 e. The normalized spacial score (nSPS) is 9.06. The van der Waals surface area contributed by atoms with E-state index in [0.29, 0.717) is 5.56 Å². The average molecular weight is 340 g/mol. The van der Waals surface area contributed by atoms with E-state index in [2.05, 4.69) is 27.6 Å². The average Bonchev–Trinajstić information content (AvgIpc) is 2.31. The molecule has 2 rings (SSSR count). The van der Waals surface area contributed by atoms with Crippen LogP contribution in [0.25, 0.3) is 0 Å². The van der Waals surface area contributed by atoms with Crippen molar-refractivity contribution in [3.8, 4) is 0 Å². The number of nitrogens with zero attached hydrogens (tertiary/aromatic N) is 1. The number of halogens is 1. The van der Waals surface area contributed by atoms with Gasteiger partial charge in [0, 0.05) is 21.5 Å². The lowest BCUT2D eigenvalue weighted by Gasteiger charge is -1.92. The third-order valence-electron chi connectivity index (χ3n) is 1.98. The van der Waals surface area contributed by atoms with Crippen LogP contribution in [0.5, 0.6) is 0 Å². The molecule has 0 saturated heterocycles. The molecule has 17 heavy (non-hydrogen) atoms. The number of carbonyl (C=O) groups excluding carboxylic acids is 1. The second-order valence-electron chi connectivity index (χ2n) is 3.40. The van der Waals surface area contributed by atoms with E-state index in [4.69, 9.17) is 5.73 Å². The van der Waals surface area contributed by atoms with Crippen LogP contribution >= 0.6 is 22.6 Å². The summed E-state index contributed by atoms with van der Waals surface area (Å²) in [7, 11) is 0. The first-order valence-electron chi connectivity index (χ1n) is 5.01. The van der Waals surface area contributed by atoms with Crippen molar-refractivity contribution in [1.29, 1.82) is 0 Å². The van der Waals surface area contributed by atoms with Crippen molar-refractivity contribution in [1.82, 2.24) is 4.98 Å². The van der Waals surface area contributed by atoms with Crippen molar-refractivity contribution in [2.45, 2.75) is 6.92 Å². The zero-order chi connectivity index (χ0) is 12.7. The quantitative estimate of drug-likeness (QED) is 0.812. The Bertz CT molecular complexity index is 469. The van der Waals surface area contributed by atoms with Gasteiger partial charge in [0.1, 0.15) is 0 Å². The Labute approximate surface area is 114 Å². The Morgan fingerprint density at radius 1 is 1.12 bits per heavy atom. The minimum atomic E-state index is -0.378. The first-order valence-corrected chi connectivity index (χ1v) is 6.09. The highest BCUT2D eigenvalue weighted by Crippen LogP contribution is 2.05. The van der Waals surface area contributed by atoms with Gasteiger partial charge in [-0.1, -0.05) is 0 Å². The largest absolute Gasteiger partial charge is 0.366 e. The molecule has 0 radical (unpaired) electrons. The van der Waals surface area contributed by atoms with Gasteiger partial charge in [-0.15, -0.1) is 0 Å². The van der Waals surface area contributed by atoms with Gasteiger partial charge in [0.15, 0.2) is 0 Å². The summed E-state index contributed by atoms with van der Waals surface area (Å²) >= 11 is 2.17. The van der Waals surface area contributed by atoms with Crippen molar-refractivity contribution < 1.29 is 4.79 Å². The summed E-state index contributed by atoms with van der Waals surface area (Å²) in [5, 5.41) is 0. The highest BCUT2D eigenvalue weighted by Gasteiger charge is 1.96. The topological polar surface area (TPSA) is 56.0 Å². The molecule has 0 aliphatic heterocycles. The van der Waals surface area contributed by atoms with E-state index in [0.717, 1.165) is 3.57 Å². The van der Waals surface area contributed by atoms with Gasteiger partial charge in [-0.05, 0) is 71.5 Å². The zero-order valence-corrected chi connectivity index (χ0v) is 11.6. The van der Waals surface area contributed by atoms with Crippen molar-refractivity contribution in [3.05, 3.63) is 63.5 Å². The van der Waals surface area contributed by atoms with Crippen molar-refractivity contribution >= 4 is 28.5 Å². The fourth-order valence-corrected chi connectivity index (χ4v) is 1.40. The summed E-state index contributed by atoms with van der Waals surface area (Å²) in [4.78, 5) is 14.4. The Balaban J connectivity index is 0.000000181. The van der Waals surface area contributed by atoms with E-state index in [1.165, 1.54) is 5.56 Å². The van der Waals surface area contributed by atoms with E-state index in [1.54, 1.807) is 24.5 Å². The maximum atomic E-state index is 10.5. The molecule has 0 bridgehead atoms. The molecule has 1 aromatic heterocycles. The molecule has 0 saturated carbocycles. The monoisotopic (exact) mass is 340 g/mol. The van der Waals surface area contributed by atoms with Gasteiger partial charge in [-0.2, -0.15) is 0 Å². The summed E-state index contributed by atoms with van der Waals surface area (Å²) in [6.45, 7) is 2.04. The van der Waals surface area contributed by atoms with Crippen LogP contribution in [0.4, 0.5) is 0 Å². The molecule has 4 heteroatoms. The Kier molecular flexibility index (Phi) is 5.62. The number of aromatic nitrogens is 1. The van der Waals surface area contributed by atoms with Gasteiger partial charge in [0.2, 0.25) is 5.91 Å². The van der Waals surface area contributed by atoms with Gasteiger partial charge >= 0.3 is 0 Å². The fourth-order valence-electron chi connectivity index (χ4n) is 1.04. The van der Waals surface area contributed by atoms with Crippen LogP contribution in [-0.4, -0.2) is 10.9 Å². The molecule has 1 heterocycles. The number of primary amides is 1. The van der Waals surface area contributed by atoms with E-state index in [9.17, 15) is 4.79 Å². The van der Waals surface area contributed by atoms with Gasteiger partial charge < -0.3 is 5.73 Å². The van der Waals surface area contributed by atoms with E-state index in [1.807, 2.05) is 31.2 Å². The molecular weight excluding hydrogens is 327 g/mol. The molecular formula is C13H13IN2O. The minimum absolute atomic E-state index is 0.378. The van der Waals surface area contributed by atoms with E-state index < -0.39 is 0 Å². The molecule has 1 aromatic carbocycles. The molecule has 3 nitrogen and oxygen atoms in total. The molecule has 0 fully saturated rings. The second kappa shape index (κ2) is 7.01. The lowest BCUT2D eigenvalue weighted by atomic mass is 10.2. The Morgan fingerprint density at radius 2 is 1.65 bits per heavy atom. The number of benzene rings is 1. The van der Waals surface area contributed by atoms with Gasteiger partial charge in [0.25, 0.3) is 0 Å². The summed E-state index contributed by atoms with van der Waals surface area (Å²) in [6, 6.07) is 11.1. The lowest BCUT2D eigenvalue weighted by Crippen LogP contribution is -2.10. The number of carbonyl (C=O) groups is 1. The number of hydrogen-bond acceptors (Lipinski definition) is 2. The first-order chi connectivity index (χ1) is 8.09. The number of aryl methyl sites for hydroxylation is 1. The molecule has 0 spiro atoms. The highest BCUT2D eigenvalue weighted by molar-refractivity contribution is 14.1. The van der Waals surface area contributed by atoms with E-state index in [-0.39, 0.29) is 5.91 Å². The number of hydrogen-bond donors (Lipinski definition) is 1. The molecule has 88 valence electrons. The molecule has 0 aliphatic carbocycles. The SMILES string of the molecule is Cc1ccncc1.NC(=O)c1ccc(I)cc1. The molecule has 0 aliphatic rings. The standard InChI is InChI=1S/C7H6INO.C6H7N/c8-6-3-1-5(2-4-6)7(9)10;1-6-2-4-7-5-3-6/h1-4H,(H2,9,10);2-5H,1H3. The molecule has 2 N–H and O–H groups in total. The molecule has 0 unspecified atom stereocenters. The molecule has 1 amide bonds. The first kappa shape index (κ1) is 13.6. The molecule has 2 aromatic rings. The van der Waals surface area contributed by atoms with Crippen LogP contribution in [0, 0.1) is 10.5 Å². The third-order valence-corrected chi connectivity index (χ3v) is 2.69. The smallest absolute Gasteiger partial charge is 0.248 e. The summed E-state index contributed by atoms with van der Waals surface area (Å²) in [6.07, 6.45) is 3.57. The highest BCUT2D eigenvalue weighted by atomic mass is 127. The fraction of sp³-hybridized carbons (Fsp3) is 0.0769. The summed E-state index contributed by atoms with van der Waals surface area (Å²) < 4.78 is 1.10. The lowest BCUT2D eigenvalue weighted by molar-refractivity contribution is 0.100. The van der Waals surface area contributed by atoms with Crippen LogP contribution in [0.1, 0.15) is 15.9 Å². The predicted octanol–water partition coefficient (Wildman–Crippen LogP) is 2.78. The van der Waals surface area contributed by atoms with Crippen LogP contribution < -0.4 is 5.73 Å². The number of pyridine rings is 1. The van der Waals surface area contributed by atoms with Crippen molar-refractivity contribution in [2.75, 3.05) is 0 Å². The summed E-state index contributed by atoms with van der Waals surface area (Å²) in [5.41, 5.74) is 6.84. The minimum Gasteiger partial charge on any atom is -0.366 e. The number of amides is 1.